The van der Waals surface area contributed by atoms with Crippen LogP contribution in [-0.4, -0.2) is 29.4 Å². The van der Waals surface area contributed by atoms with Gasteiger partial charge in [0.2, 0.25) is 0 Å². The maximum atomic E-state index is 5.70. The average Bonchev–Trinajstić information content (AvgIpc) is 2.56. The first-order chi connectivity index (χ1) is 8.13. The molecular weight excluding hydrogens is 212 g/mol. The standard InChI is InChI=1S/C13H24N4/c1-10-5-8-17(9-6-10)13-12(4-7-14)11(2)15-16(13)3/h10H,4-9,14H2,1-3H3. The molecule has 2 heterocycles. The number of aryl methyl sites for hydroxylation is 2. The Bertz CT molecular complexity index is 375. The predicted octanol–water partition coefficient (Wildman–Crippen LogP) is 1.47. The number of nitrogens with zero attached hydrogens (tertiary/aromatic N) is 3. The van der Waals surface area contributed by atoms with Gasteiger partial charge in [0.05, 0.1) is 5.69 Å². The van der Waals surface area contributed by atoms with Crippen molar-refractivity contribution < 1.29 is 0 Å². The normalized spacial score (nSPS) is 17.8. The minimum atomic E-state index is 0.698. The second-order valence-electron chi connectivity index (χ2n) is 5.22. The molecule has 1 aromatic rings. The Kier molecular flexibility index (Phi) is 3.72. The van der Waals surface area contributed by atoms with Crippen molar-refractivity contribution in [1.29, 1.82) is 0 Å². The Morgan fingerprint density at radius 3 is 2.59 bits per heavy atom. The molecule has 0 spiro atoms. The van der Waals surface area contributed by atoms with Gasteiger partial charge in [0.15, 0.2) is 0 Å². The van der Waals surface area contributed by atoms with Gasteiger partial charge in [-0.05, 0) is 38.6 Å². The molecule has 1 aromatic heterocycles. The van der Waals surface area contributed by atoms with Crippen molar-refractivity contribution in [3.63, 3.8) is 0 Å². The monoisotopic (exact) mass is 236 g/mol. The van der Waals surface area contributed by atoms with Gasteiger partial charge in [0, 0.05) is 25.7 Å². The lowest BCUT2D eigenvalue weighted by atomic mass is 9.99. The highest BCUT2D eigenvalue weighted by atomic mass is 15.4. The van der Waals surface area contributed by atoms with Crippen LogP contribution in [0.3, 0.4) is 0 Å². The number of anilines is 1. The molecule has 0 bridgehead atoms. The van der Waals surface area contributed by atoms with E-state index in [4.69, 9.17) is 5.73 Å². The zero-order chi connectivity index (χ0) is 12.4. The molecule has 0 aliphatic carbocycles. The summed E-state index contributed by atoms with van der Waals surface area (Å²) in [5.74, 6) is 2.15. The first-order valence-electron chi connectivity index (χ1n) is 6.61. The molecule has 4 nitrogen and oxygen atoms in total. The molecule has 0 amide bonds. The molecule has 1 aliphatic heterocycles. The van der Waals surface area contributed by atoms with Gasteiger partial charge in [0.25, 0.3) is 0 Å². The van der Waals surface area contributed by atoms with E-state index in [2.05, 4.69) is 23.8 Å². The molecule has 0 radical (unpaired) electrons. The van der Waals surface area contributed by atoms with Crippen LogP contribution >= 0.6 is 0 Å². The molecular formula is C13H24N4. The lowest BCUT2D eigenvalue weighted by molar-refractivity contribution is 0.432. The fraction of sp³-hybridized carbons (Fsp3) is 0.769. The van der Waals surface area contributed by atoms with Crippen LogP contribution in [0.15, 0.2) is 0 Å². The Hall–Kier alpha value is -1.03. The van der Waals surface area contributed by atoms with Gasteiger partial charge in [0.1, 0.15) is 5.82 Å². The van der Waals surface area contributed by atoms with Crippen molar-refractivity contribution >= 4 is 5.82 Å². The van der Waals surface area contributed by atoms with E-state index >= 15 is 0 Å². The lowest BCUT2D eigenvalue weighted by Crippen LogP contribution is -2.34. The number of piperidine rings is 1. The van der Waals surface area contributed by atoms with Crippen LogP contribution in [0.2, 0.25) is 0 Å². The first-order valence-corrected chi connectivity index (χ1v) is 6.61. The fourth-order valence-electron chi connectivity index (χ4n) is 2.74. The van der Waals surface area contributed by atoms with E-state index < -0.39 is 0 Å². The fourth-order valence-corrected chi connectivity index (χ4v) is 2.74. The molecule has 17 heavy (non-hydrogen) atoms. The summed E-state index contributed by atoms with van der Waals surface area (Å²) in [5.41, 5.74) is 8.17. The number of hydrogen-bond donors (Lipinski definition) is 1. The van der Waals surface area contributed by atoms with Gasteiger partial charge in [-0.15, -0.1) is 0 Å². The van der Waals surface area contributed by atoms with Crippen LogP contribution in [0, 0.1) is 12.8 Å². The SMILES string of the molecule is Cc1nn(C)c(N2CCC(C)CC2)c1CCN. The summed E-state index contributed by atoms with van der Waals surface area (Å²) >= 11 is 0. The molecule has 0 atom stereocenters. The molecule has 1 saturated heterocycles. The van der Waals surface area contributed by atoms with Crippen molar-refractivity contribution in [2.45, 2.75) is 33.1 Å². The molecule has 2 N–H and O–H groups in total. The number of rotatable bonds is 3. The van der Waals surface area contributed by atoms with Crippen LogP contribution in [0.4, 0.5) is 5.82 Å². The van der Waals surface area contributed by atoms with E-state index in [0.717, 1.165) is 31.1 Å². The topological polar surface area (TPSA) is 47.1 Å². The average molecular weight is 236 g/mol. The van der Waals surface area contributed by atoms with Gasteiger partial charge in [-0.2, -0.15) is 5.10 Å². The van der Waals surface area contributed by atoms with Crippen LogP contribution in [-0.2, 0) is 13.5 Å². The van der Waals surface area contributed by atoms with Gasteiger partial charge in [-0.25, -0.2) is 0 Å². The highest BCUT2D eigenvalue weighted by molar-refractivity contribution is 5.50. The predicted molar refractivity (Wildman–Crippen MR) is 71.3 cm³/mol. The maximum Gasteiger partial charge on any atom is 0.130 e. The summed E-state index contributed by atoms with van der Waals surface area (Å²) in [6.07, 6.45) is 3.50. The van der Waals surface area contributed by atoms with E-state index in [-0.39, 0.29) is 0 Å². The number of hydrogen-bond acceptors (Lipinski definition) is 3. The Labute approximate surface area is 104 Å². The van der Waals surface area contributed by atoms with Crippen LogP contribution in [0.25, 0.3) is 0 Å². The Morgan fingerprint density at radius 1 is 1.35 bits per heavy atom. The van der Waals surface area contributed by atoms with Crippen molar-refractivity contribution in [1.82, 2.24) is 9.78 Å². The highest BCUT2D eigenvalue weighted by Gasteiger charge is 2.22. The largest absolute Gasteiger partial charge is 0.357 e. The molecule has 0 saturated carbocycles. The third kappa shape index (κ3) is 2.46. The zero-order valence-electron chi connectivity index (χ0n) is 11.2. The van der Waals surface area contributed by atoms with Crippen molar-refractivity contribution in [2.24, 2.45) is 18.7 Å². The summed E-state index contributed by atoms with van der Waals surface area (Å²) in [6, 6.07) is 0. The summed E-state index contributed by atoms with van der Waals surface area (Å²) < 4.78 is 2.02. The van der Waals surface area contributed by atoms with E-state index in [1.807, 2.05) is 11.7 Å². The highest BCUT2D eigenvalue weighted by Crippen LogP contribution is 2.27. The minimum Gasteiger partial charge on any atom is -0.357 e. The smallest absolute Gasteiger partial charge is 0.130 e. The maximum absolute atomic E-state index is 5.70. The third-order valence-electron chi connectivity index (χ3n) is 3.79. The summed E-state index contributed by atoms with van der Waals surface area (Å²) in [4.78, 5) is 2.48. The zero-order valence-corrected chi connectivity index (χ0v) is 11.2. The van der Waals surface area contributed by atoms with Gasteiger partial charge in [-0.1, -0.05) is 6.92 Å². The van der Waals surface area contributed by atoms with Gasteiger partial charge in [-0.3, -0.25) is 4.68 Å². The first kappa shape index (κ1) is 12.4. The Morgan fingerprint density at radius 2 is 2.00 bits per heavy atom. The van der Waals surface area contributed by atoms with Gasteiger partial charge >= 0.3 is 0 Å². The van der Waals surface area contributed by atoms with Crippen molar-refractivity contribution in [3.8, 4) is 0 Å². The van der Waals surface area contributed by atoms with E-state index in [9.17, 15) is 0 Å². The summed E-state index contributed by atoms with van der Waals surface area (Å²) in [7, 11) is 2.04. The number of nitrogens with two attached hydrogens (primary N) is 1. The second kappa shape index (κ2) is 5.08. The summed E-state index contributed by atoms with van der Waals surface area (Å²) in [5, 5.41) is 4.54. The van der Waals surface area contributed by atoms with Crippen LogP contribution in [0.1, 0.15) is 31.0 Å². The molecule has 2 rings (SSSR count). The van der Waals surface area contributed by atoms with E-state index in [1.54, 1.807) is 0 Å². The molecule has 0 aromatic carbocycles. The minimum absolute atomic E-state index is 0.698. The second-order valence-corrected chi connectivity index (χ2v) is 5.22. The summed E-state index contributed by atoms with van der Waals surface area (Å²) in [6.45, 7) is 7.42. The van der Waals surface area contributed by atoms with Gasteiger partial charge < -0.3 is 10.6 Å². The molecule has 96 valence electrons. The third-order valence-corrected chi connectivity index (χ3v) is 3.79. The molecule has 0 unspecified atom stereocenters. The Balaban J connectivity index is 2.24. The number of aromatic nitrogens is 2. The van der Waals surface area contributed by atoms with Crippen LogP contribution in [0.5, 0.6) is 0 Å². The van der Waals surface area contributed by atoms with Crippen molar-refractivity contribution in [3.05, 3.63) is 11.3 Å². The lowest BCUT2D eigenvalue weighted by Gasteiger charge is -2.32. The van der Waals surface area contributed by atoms with E-state index in [0.29, 0.717) is 6.54 Å². The molecule has 1 fully saturated rings. The molecule has 4 heteroatoms. The van der Waals surface area contributed by atoms with Crippen molar-refractivity contribution in [2.75, 3.05) is 24.5 Å². The van der Waals surface area contributed by atoms with Crippen LogP contribution < -0.4 is 10.6 Å². The van der Waals surface area contributed by atoms with E-state index in [1.165, 1.54) is 24.2 Å². The molecule has 1 aliphatic rings. The quantitative estimate of drug-likeness (QED) is 0.864.